The van der Waals surface area contributed by atoms with Crippen LogP contribution < -0.4 is 71.2 Å². The highest BCUT2D eigenvalue weighted by Crippen LogP contribution is 2.40. The van der Waals surface area contributed by atoms with Crippen molar-refractivity contribution in [1.29, 1.82) is 0 Å². The van der Waals surface area contributed by atoms with Crippen molar-refractivity contribution in [2.75, 3.05) is 0 Å². The number of benzene rings is 17. The highest BCUT2D eigenvalue weighted by atomic mass is 79.9. The van der Waals surface area contributed by atoms with Crippen LogP contribution in [0, 0.1) is 0 Å². The van der Waals surface area contributed by atoms with Gasteiger partial charge in [-0.3, -0.25) is 0 Å². The zero-order valence-corrected chi connectivity index (χ0v) is 75.6. The van der Waals surface area contributed by atoms with Crippen LogP contribution in [0.5, 0.6) is 80.5 Å². The fourth-order valence-corrected chi connectivity index (χ4v) is 15.4. The Morgan fingerprint density at radius 3 is 0.485 bits per heavy atom. The summed E-state index contributed by atoms with van der Waals surface area (Å²) in [6.45, 7) is 8.13. The van der Waals surface area contributed by atoms with Gasteiger partial charge in [0, 0.05) is 77.3 Å². The normalized spacial score (nSPS) is 10.9. The van der Waals surface area contributed by atoms with E-state index in [1.165, 1.54) is 0 Å². The van der Waals surface area contributed by atoms with Gasteiger partial charge in [0.05, 0.1) is 0 Å². The van der Waals surface area contributed by atoms with Crippen LogP contribution >= 0.6 is 15.9 Å². The third kappa shape index (κ3) is 27.4. The van der Waals surface area contributed by atoms with Crippen molar-refractivity contribution < 1.29 is 66.3 Å². The molecule has 0 unspecified atom stereocenters. The van der Waals surface area contributed by atoms with E-state index in [2.05, 4.69) is 39.5 Å². The zero-order valence-electron chi connectivity index (χ0n) is 74.1. The third-order valence-corrected chi connectivity index (χ3v) is 22.4. The van der Waals surface area contributed by atoms with Gasteiger partial charge in [0.1, 0.15) is 173 Å². The fraction of sp³-hybridized carbons (Fsp3) is 0.119. The molecule has 0 heterocycles. The van der Waals surface area contributed by atoms with E-state index in [9.17, 15) is 0 Å². The quantitative estimate of drug-likeness (QED) is 0.0335. The molecule has 0 spiro atoms. The van der Waals surface area contributed by atoms with Crippen molar-refractivity contribution >= 4 is 39.1 Å². The van der Waals surface area contributed by atoms with Gasteiger partial charge >= 0.3 is 0 Å². The van der Waals surface area contributed by atoms with Crippen LogP contribution in [0.25, 0.3) is 6.08 Å². The van der Waals surface area contributed by atoms with Crippen molar-refractivity contribution in [3.8, 4) is 80.5 Å². The molecule has 0 saturated heterocycles. The molecule has 0 aliphatic heterocycles. The lowest BCUT2D eigenvalue weighted by molar-refractivity contribution is 0.273. The molecule has 0 bridgehead atoms. The molecular formula is C118H100BrNO14+. The molecule has 667 valence electrons. The first-order valence-electron chi connectivity index (χ1n) is 44.5. The molecule has 0 saturated carbocycles. The molecule has 0 amide bonds. The van der Waals surface area contributed by atoms with E-state index >= 15 is 0 Å². The minimum Gasteiger partial charge on any atom is -0.489 e. The van der Waals surface area contributed by atoms with Gasteiger partial charge in [0.25, 0.3) is 0 Å². The zero-order chi connectivity index (χ0) is 90.9. The summed E-state index contributed by atoms with van der Waals surface area (Å²) in [5.74, 6) is 8.69. The van der Waals surface area contributed by atoms with Gasteiger partial charge in [0.15, 0.2) is 17.1 Å². The molecule has 17 aromatic carbocycles. The molecule has 16 heteroatoms. The third-order valence-electron chi connectivity index (χ3n) is 21.7. The molecule has 15 nitrogen and oxygen atoms in total. The first-order chi connectivity index (χ1) is 66.1. The minimum atomic E-state index is 0.166. The summed E-state index contributed by atoms with van der Waals surface area (Å²) >= 11 is 3.85. The Kier molecular flexibility index (Phi) is 31.3. The smallest absolute Gasteiger partial charge is 0.193 e. The number of nitrogens with zero attached hydrogens (tertiary/aromatic N) is 1. The summed E-state index contributed by atoms with van der Waals surface area (Å²) in [5, 5.41) is 0. The van der Waals surface area contributed by atoms with Crippen LogP contribution in [0.15, 0.2) is 430 Å². The number of hydrogen-bond acceptors (Lipinski definition) is 15. The predicted octanol–water partition coefficient (Wildman–Crippen LogP) is 28.6. The molecule has 0 aromatic heterocycles. The van der Waals surface area contributed by atoms with Crippen molar-refractivity contribution in [2.24, 2.45) is 0 Å². The summed E-state index contributed by atoms with van der Waals surface area (Å²) in [6, 6.07) is 138. The lowest BCUT2D eigenvalue weighted by Crippen LogP contribution is -2.11. The molecule has 17 rings (SSSR count). The highest BCUT2D eigenvalue weighted by Gasteiger charge is 2.28. The molecule has 0 aliphatic carbocycles. The van der Waals surface area contributed by atoms with E-state index in [1.807, 2.05) is 413 Å². The number of hydrogen-bond donors (Lipinski definition) is 0. The second-order valence-electron chi connectivity index (χ2n) is 32.0. The van der Waals surface area contributed by atoms with Crippen LogP contribution in [-0.2, 0) is 92.5 Å². The van der Waals surface area contributed by atoms with E-state index in [1.54, 1.807) is 0 Å². The summed E-state index contributed by atoms with van der Waals surface area (Å²) in [6.07, 6.45) is 1.83. The van der Waals surface area contributed by atoms with Crippen LogP contribution in [0.1, 0.15) is 83.5 Å². The van der Waals surface area contributed by atoms with Gasteiger partial charge in [-0.25, -0.2) is 0 Å². The summed E-state index contributed by atoms with van der Waals surface area (Å²) in [7, 11) is 0. The molecule has 17 aromatic rings. The maximum absolute atomic E-state index is 6.78. The topological polar surface area (TPSA) is 135 Å². The summed E-state index contributed by atoms with van der Waals surface area (Å²) < 4.78 is 92.9. The van der Waals surface area contributed by atoms with Crippen molar-refractivity contribution in [3.05, 3.63) is 513 Å². The molecule has 0 aliphatic rings. The van der Waals surface area contributed by atoms with Gasteiger partial charge in [-0.2, -0.15) is 0 Å². The first-order valence-corrected chi connectivity index (χ1v) is 45.3. The molecule has 134 heavy (non-hydrogen) atoms. The van der Waals surface area contributed by atoms with Gasteiger partial charge < -0.3 is 66.3 Å². The van der Waals surface area contributed by atoms with Crippen molar-refractivity contribution in [3.63, 3.8) is 0 Å². The van der Waals surface area contributed by atoms with E-state index < -0.39 is 0 Å². The van der Waals surface area contributed by atoms with Crippen LogP contribution in [0.3, 0.4) is 0 Å². The van der Waals surface area contributed by atoms with Crippen molar-refractivity contribution in [2.45, 2.75) is 92.5 Å². The average Bonchev–Trinajstić information content (AvgIpc) is 0.795. The lowest BCUT2D eigenvalue weighted by Gasteiger charge is -2.16. The molecular weight excluding hydrogens is 1740 g/mol. The van der Waals surface area contributed by atoms with Gasteiger partial charge in [-0.15, -0.1) is 0 Å². The van der Waals surface area contributed by atoms with E-state index in [0.29, 0.717) is 133 Å². The monoisotopic (exact) mass is 1830 g/mol. The highest BCUT2D eigenvalue weighted by molar-refractivity contribution is 9.10. The Morgan fingerprint density at radius 2 is 0.321 bits per heavy atom. The summed E-state index contributed by atoms with van der Waals surface area (Å²) in [5.41, 5.74) is 16.9. The van der Waals surface area contributed by atoms with Crippen LogP contribution in [0.4, 0.5) is 17.1 Å². The Hall–Kier alpha value is -15.9. The molecule has 1 radical (unpaired) electrons. The van der Waals surface area contributed by atoms with Crippen LogP contribution in [-0.4, -0.2) is 0 Å². The molecule has 0 fully saturated rings. The van der Waals surface area contributed by atoms with E-state index in [-0.39, 0.29) is 39.6 Å². The van der Waals surface area contributed by atoms with Gasteiger partial charge in [0.2, 0.25) is 0 Å². The number of rotatable bonds is 46. The number of ether oxygens (including phenoxy) is 14. The Balaban J connectivity index is 0.625. The standard InChI is InChI=1S/C118H100BrNO14/c1-2-100-43-44-103(65-118(100)119)120(101-45-49-104(50-46-101)121-80-94-53-114(131-82-96-57-106(123-72-86-27-11-3-12-28-86)66-107(58-96)124-73-87-29-13-4-14-30-87)70-115(54-94)132-83-97-59-108(125-74-88-31-15-5-16-32-88)67-109(60-97)126-75-89-33-17-6-18-34-89)102-47-51-105(52-48-102)122-81-95-55-116(133-84-98-61-110(127-76-90-35-19-7-20-36-90)68-111(62-98)128-77-91-37-21-8-22-38-91)71-117(56-95)134-85-99-63-112(129-78-92-39-23-9-24-40-92)69-113(64-99)130-79-93-41-25-10-26-42-93/h2-71H,1,72-85H2/q+1. The second kappa shape index (κ2) is 46.6. The molecule has 0 atom stereocenters. The second-order valence-corrected chi connectivity index (χ2v) is 32.9. The fourth-order valence-electron chi connectivity index (χ4n) is 14.9. The van der Waals surface area contributed by atoms with E-state index in [4.69, 9.17) is 66.3 Å². The maximum Gasteiger partial charge on any atom is 0.193 e. The average molecular weight is 1840 g/mol. The minimum absolute atomic E-state index is 0.166. The number of anilines is 3. The largest absolute Gasteiger partial charge is 0.489 e. The van der Waals surface area contributed by atoms with Crippen LogP contribution in [0.2, 0.25) is 0 Å². The van der Waals surface area contributed by atoms with Crippen molar-refractivity contribution in [1.82, 2.24) is 4.90 Å². The Labute approximate surface area is 791 Å². The SMILES string of the molecule is C=Cc1ccc([N+](c2ccc(OCc3cc(OCc4cc(OCc5ccccc5)cc(OCc5ccccc5)c4)cc(OCc4cc(OCc5ccccc5)cc(OCc5ccccc5)c4)c3)cc2)c2ccc(OCc3cc(OCc4cc(OCc5ccccc5)cc(OCc5ccccc5)c4)cc(OCc4cc(OCc5ccccc5)cc(OCc5ccccc5)c4)c3)cc2)cc1Br. The molecule has 0 N–H and O–H groups in total. The van der Waals surface area contributed by atoms with Gasteiger partial charge in [-0.1, -0.05) is 260 Å². The maximum atomic E-state index is 6.78. The van der Waals surface area contributed by atoms with Gasteiger partial charge in [-0.05, 0) is 203 Å². The lowest BCUT2D eigenvalue weighted by atomic mass is 10.1. The number of halogens is 1. The van der Waals surface area contributed by atoms with E-state index in [0.717, 1.165) is 105 Å². The first kappa shape index (κ1) is 90.1. The Morgan fingerprint density at radius 1 is 0.164 bits per heavy atom. The predicted molar refractivity (Wildman–Crippen MR) is 529 cm³/mol. The Bertz CT molecular complexity index is 5660. The summed E-state index contributed by atoms with van der Waals surface area (Å²) in [4.78, 5) is 2.18.